The van der Waals surface area contributed by atoms with Gasteiger partial charge in [-0.1, -0.05) is 42.2 Å². The number of nitrogens with one attached hydrogen (secondary N) is 1. The van der Waals surface area contributed by atoms with E-state index in [4.69, 9.17) is 10.4 Å². The maximum Gasteiger partial charge on any atom is 0.323 e. The first kappa shape index (κ1) is 19.7. The summed E-state index contributed by atoms with van der Waals surface area (Å²) >= 11 is 2.72. The van der Waals surface area contributed by atoms with Crippen LogP contribution < -0.4 is 5.32 Å². The van der Waals surface area contributed by atoms with Gasteiger partial charge in [-0.15, -0.1) is 10.2 Å². The lowest BCUT2D eigenvalue weighted by atomic mass is 10.2. The number of benzene rings is 1. The van der Waals surface area contributed by atoms with Crippen LogP contribution in [-0.2, 0) is 10.5 Å². The average Bonchev–Trinajstić information content (AvgIpc) is 3.07. The van der Waals surface area contributed by atoms with Crippen LogP contribution >= 0.6 is 23.1 Å². The zero-order valence-corrected chi connectivity index (χ0v) is 15.8. The fourth-order valence-electron chi connectivity index (χ4n) is 1.90. The molecule has 0 radical (unpaired) electrons. The molecule has 0 fully saturated rings. The van der Waals surface area contributed by atoms with E-state index in [2.05, 4.69) is 21.6 Å². The maximum absolute atomic E-state index is 12.0. The van der Waals surface area contributed by atoms with E-state index in [-0.39, 0.29) is 6.54 Å². The van der Waals surface area contributed by atoms with Crippen molar-refractivity contribution in [1.82, 2.24) is 15.1 Å². The van der Waals surface area contributed by atoms with Crippen molar-refractivity contribution in [2.24, 2.45) is 5.92 Å². The van der Waals surface area contributed by atoms with Crippen LogP contribution in [0.2, 0.25) is 0 Å². The van der Waals surface area contributed by atoms with Crippen LogP contribution in [0.5, 0.6) is 0 Å². The number of hydrogen-bond acceptors (Lipinski definition) is 7. The van der Waals surface area contributed by atoms with Crippen LogP contribution in [0.15, 0.2) is 28.6 Å². The van der Waals surface area contributed by atoms with Gasteiger partial charge in [-0.05, 0) is 17.7 Å². The molecule has 0 aliphatic heterocycles. The number of nitrogens with zero attached hydrogens (tertiary/aromatic N) is 4. The molecule has 2 amide bonds. The highest BCUT2D eigenvalue weighted by molar-refractivity contribution is 8.00. The van der Waals surface area contributed by atoms with E-state index >= 15 is 0 Å². The van der Waals surface area contributed by atoms with E-state index < -0.39 is 17.9 Å². The molecule has 1 aromatic carbocycles. The molecule has 0 saturated heterocycles. The van der Waals surface area contributed by atoms with Gasteiger partial charge in [0, 0.05) is 19.3 Å². The Morgan fingerprint density at radius 2 is 2.08 bits per heavy atom. The monoisotopic (exact) mass is 391 g/mol. The van der Waals surface area contributed by atoms with Gasteiger partial charge < -0.3 is 10.0 Å². The van der Waals surface area contributed by atoms with E-state index in [9.17, 15) is 9.59 Å². The van der Waals surface area contributed by atoms with Crippen molar-refractivity contribution in [3.05, 3.63) is 35.4 Å². The van der Waals surface area contributed by atoms with Crippen molar-refractivity contribution in [2.45, 2.75) is 17.0 Å². The molecule has 1 unspecified atom stereocenters. The average molecular weight is 391 g/mol. The highest BCUT2D eigenvalue weighted by Gasteiger charge is 2.18. The Labute approximate surface area is 158 Å². The summed E-state index contributed by atoms with van der Waals surface area (Å²) in [5.74, 6) is -0.939. The first-order valence-corrected chi connectivity index (χ1v) is 9.39. The number of carbonyl (C=O) groups is 2. The van der Waals surface area contributed by atoms with Crippen molar-refractivity contribution < 1.29 is 14.7 Å². The van der Waals surface area contributed by atoms with Crippen LogP contribution in [0.4, 0.5) is 9.93 Å². The van der Waals surface area contributed by atoms with Gasteiger partial charge in [0.1, 0.15) is 0 Å². The number of urea groups is 1. The zero-order chi connectivity index (χ0) is 19.1. The number of anilines is 1. The Bertz CT molecular complexity index is 816. The summed E-state index contributed by atoms with van der Waals surface area (Å²) in [7, 11) is 1.52. The molecule has 8 nitrogen and oxygen atoms in total. The molecule has 1 atom stereocenters. The summed E-state index contributed by atoms with van der Waals surface area (Å²) in [4.78, 5) is 24.2. The van der Waals surface area contributed by atoms with Gasteiger partial charge >= 0.3 is 12.0 Å². The molecule has 2 aromatic rings. The summed E-state index contributed by atoms with van der Waals surface area (Å²) in [6.07, 6.45) is 0. The summed E-state index contributed by atoms with van der Waals surface area (Å²) in [6.45, 7) is 1.63. The summed E-state index contributed by atoms with van der Waals surface area (Å²) in [5.41, 5.74) is 1.66. The van der Waals surface area contributed by atoms with Crippen LogP contribution in [0.1, 0.15) is 18.1 Å². The van der Waals surface area contributed by atoms with Crippen LogP contribution in [0, 0.1) is 17.2 Å². The van der Waals surface area contributed by atoms with E-state index in [1.807, 2.05) is 12.1 Å². The number of carboxylic acid groups (broad SMARTS) is 1. The smallest absolute Gasteiger partial charge is 0.323 e. The highest BCUT2D eigenvalue weighted by atomic mass is 32.2. The second-order valence-corrected chi connectivity index (χ2v) is 7.72. The van der Waals surface area contributed by atoms with Crippen LogP contribution in [0.3, 0.4) is 0 Å². The largest absolute Gasteiger partial charge is 0.481 e. The Balaban J connectivity index is 1.85. The maximum atomic E-state index is 12.0. The fourth-order valence-corrected chi connectivity index (χ4v) is 3.60. The first-order chi connectivity index (χ1) is 12.4. The van der Waals surface area contributed by atoms with Gasteiger partial charge in [-0.25, -0.2) is 4.79 Å². The second kappa shape index (κ2) is 9.17. The van der Waals surface area contributed by atoms with Crippen LogP contribution in [-0.4, -0.2) is 45.8 Å². The minimum atomic E-state index is -0.956. The molecule has 136 valence electrons. The summed E-state index contributed by atoms with van der Waals surface area (Å²) < 4.78 is 0.700. The Kier molecular flexibility index (Phi) is 6.94. The molecule has 2 rings (SSSR count). The number of carboxylic acids is 1. The lowest BCUT2D eigenvalue weighted by Crippen LogP contribution is -2.36. The topological polar surface area (TPSA) is 119 Å². The molecule has 0 aliphatic rings. The molecule has 0 bridgehead atoms. The van der Waals surface area contributed by atoms with Gasteiger partial charge in [-0.3, -0.25) is 10.1 Å². The number of hydrogen-bond donors (Lipinski definition) is 2. The second-order valence-electron chi connectivity index (χ2n) is 5.52. The van der Waals surface area contributed by atoms with E-state index in [1.165, 1.54) is 42.0 Å². The van der Waals surface area contributed by atoms with Gasteiger partial charge in [0.25, 0.3) is 0 Å². The number of nitriles is 1. The van der Waals surface area contributed by atoms with Gasteiger partial charge in [0.15, 0.2) is 4.34 Å². The van der Waals surface area contributed by atoms with Crippen molar-refractivity contribution in [3.63, 3.8) is 0 Å². The van der Waals surface area contributed by atoms with Gasteiger partial charge in [0.05, 0.1) is 17.6 Å². The van der Waals surface area contributed by atoms with E-state index in [0.29, 0.717) is 20.8 Å². The number of amides is 2. The van der Waals surface area contributed by atoms with E-state index in [0.717, 1.165) is 5.56 Å². The number of aromatic nitrogens is 2. The van der Waals surface area contributed by atoms with Crippen molar-refractivity contribution in [2.75, 3.05) is 18.9 Å². The molecule has 2 N–H and O–H groups in total. The summed E-state index contributed by atoms with van der Waals surface area (Å²) in [5, 5.41) is 28.6. The Hall–Kier alpha value is -2.64. The Morgan fingerprint density at radius 3 is 2.69 bits per heavy atom. The summed E-state index contributed by atoms with van der Waals surface area (Å²) in [6, 6.07) is 8.92. The molecule has 1 aromatic heterocycles. The molecular weight excluding hydrogens is 374 g/mol. The number of rotatable bonds is 7. The molecule has 26 heavy (non-hydrogen) atoms. The van der Waals surface area contributed by atoms with Crippen LogP contribution in [0.25, 0.3) is 0 Å². The van der Waals surface area contributed by atoms with Gasteiger partial charge in [0.2, 0.25) is 5.13 Å². The molecule has 10 heteroatoms. The lowest BCUT2D eigenvalue weighted by Gasteiger charge is -2.18. The minimum Gasteiger partial charge on any atom is -0.481 e. The third-order valence-electron chi connectivity index (χ3n) is 3.38. The standard InChI is InChI=1S/C16H17N5O3S2/c1-10(13(22)23)8-21(2)15(24)18-14-19-20-16(26-14)25-9-12-5-3-11(7-17)4-6-12/h3-6,10H,8-9H2,1-2H3,(H,22,23)(H,18,19,24). The molecule has 0 spiro atoms. The lowest BCUT2D eigenvalue weighted by molar-refractivity contribution is -0.141. The fraction of sp³-hybridized carbons (Fsp3) is 0.312. The number of carbonyl (C=O) groups excluding carboxylic acids is 1. The minimum absolute atomic E-state index is 0.0975. The third-order valence-corrected chi connectivity index (χ3v) is 5.42. The Morgan fingerprint density at radius 1 is 1.38 bits per heavy atom. The van der Waals surface area contributed by atoms with Crippen molar-refractivity contribution in [3.8, 4) is 6.07 Å². The number of aliphatic carboxylic acids is 1. The zero-order valence-electron chi connectivity index (χ0n) is 14.2. The molecular formula is C16H17N5O3S2. The SMILES string of the molecule is CC(CN(C)C(=O)Nc1nnc(SCc2ccc(C#N)cc2)s1)C(=O)O. The quantitative estimate of drug-likeness (QED) is 0.550. The number of thioether (sulfide) groups is 1. The predicted octanol–water partition coefficient (Wildman–Crippen LogP) is 2.89. The van der Waals surface area contributed by atoms with Crippen molar-refractivity contribution in [1.29, 1.82) is 5.26 Å². The van der Waals surface area contributed by atoms with E-state index in [1.54, 1.807) is 12.1 Å². The molecule has 1 heterocycles. The first-order valence-electron chi connectivity index (χ1n) is 7.59. The predicted molar refractivity (Wildman–Crippen MR) is 99.1 cm³/mol. The third kappa shape index (κ3) is 5.72. The van der Waals surface area contributed by atoms with Crippen molar-refractivity contribution >= 4 is 40.2 Å². The highest BCUT2D eigenvalue weighted by Crippen LogP contribution is 2.28. The van der Waals surface area contributed by atoms with Gasteiger partial charge in [-0.2, -0.15) is 5.26 Å². The molecule has 0 saturated carbocycles. The normalized spacial score (nSPS) is 11.4. The molecule has 0 aliphatic carbocycles.